The second-order valence-corrected chi connectivity index (χ2v) is 3.02. The van der Waals surface area contributed by atoms with Crippen LogP contribution in [-0.4, -0.2) is 11.0 Å². The number of pyridine rings is 1. The SMILES string of the molecule is Cc1cc(Br)cnc1C(=O)[O-]. The number of nitrogens with zero attached hydrogens (tertiary/aromatic N) is 1. The Labute approximate surface area is 72.2 Å². The minimum Gasteiger partial charge on any atom is -0.543 e. The van der Waals surface area contributed by atoms with Crippen LogP contribution in [0.3, 0.4) is 0 Å². The Morgan fingerprint density at radius 1 is 1.73 bits per heavy atom. The van der Waals surface area contributed by atoms with Gasteiger partial charge in [-0.1, -0.05) is 0 Å². The fraction of sp³-hybridized carbons (Fsp3) is 0.143. The number of halogens is 1. The Hall–Kier alpha value is -0.900. The van der Waals surface area contributed by atoms with Crippen molar-refractivity contribution in [2.75, 3.05) is 0 Å². The Bertz CT molecular complexity index is 298. The van der Waals surface area contributed by atoms with Crippen molar-refractivity contribution in [2.45, 2.75) is 6.92 Å². The molecule has 0 amide bonds. The van der Waals surface area contributed by atoms with E-state index in [0.717, 1.165) is 4.47 Å². The van der Waals surface area contributed by atoms with Crippen LogP contribution in [0.5, 0.6) is 0 Å². The summed E-state index contributed by atoms with van der Waals surface area (Å²) >= 11 is 3.17. The van der Waals surface area contributed by atoms with Gasteiger partial charge in [0.25, 0.3) is 0 Å². The van der Waals surface area contributed by atoms with Crippen LogP contribution in [0.4, 0.5) is 0 Å². The average Bonchev–Trinajstić information content (AvgIpc) is 1.85. The van der Waals surface area contributed by atoms with E-state index in [1.165, 1.54) is 6.20 Å². The lowest BCUT2D eigenvalue weighted by atomic mass is 10.2. The summed E-state index contributed by atoms with van der Waals surface area (Å²) in [6.45, 7) is 1.67. The third-order valence-electron chi connectivity index (χ3n) is 1.24. The fourth-order valence-corrected chi connectivity index (χ4v) is 1.20. The number of aryl methyl sites for hydroxylation is 1. The molecule has 0 saturated carbocycles. The lowest BCUT2D eigenvalue weighted by Crippen LogP contribution is -2.24. The van der Waals surface area contributed by atoms with Crippen LogP contribution in [0.15, 0.2) is 16.7 Å². The second-order valence-electron chi connectivity index (χ2n) is 2.11. The van der Waals surface area contributed by atoms with E-state index in [9.17, 15) is 9.90 Å². The van der Waals surface area contributed by atoms with E-state index in [0.29, 0.717) is 5.56 Å². The van der Waals surface area contributed by atoms with Crippen molar-refractivity contribution < 1.29 is 9.90 Å². The van der Waals surface area contributed by atoms with E-state index in [4.69, 9.17) is 0 Å². The normalized spacial score (nSPS) is 9.64. The van der Waals surface area contributed by atoms with Crippen LogP contribution in [-0.2, 0) is 0 Å². The molecule has 0 aromatic carbocycles. The predicted molar refractivity (Wildman–Crippen MR) is 41.0 cm³/mol. The minimum absolute atomic E-state index is 0.00630. The molecule has 4 heteroatoms. The van der Waals surface area contributed by atoms with E-state index < -0.39 is 5.97 Å². The molecule has 0 unspecified atom stereocenters. The topological polar surface area (TPSA) is 53.0 Å². The largest absolute Gasteiger partial charge is 0.543 e. The number of aromatic nitrogens is 1. The van der Waals surface area contributed by atoms with Crippen molar-refractivity contribution >= 4 is 21.9 Å². The zero-order valence-corrected chi connectivity index (χ0v) is 7.38. The molecule has 1 rings (SSSR count). The Kier molecular flexibility index (Phi) is 2.24. The van der Waals surface area contributed by atoms with Crippen molar-refractivity contribution in [3.8, 4) is 0 Å². The van der Waals surface area contributed by atoms with Crippen LogP contribution in [0.25, 0.3) is 0 Å². The van der Waals surface area contributed by atoms with Crippen molar-refractivity contribution in [3.05, 3.63) is 28.0 Å². The summed E-state index contributed by atoms with van der Waals surface area (Å²) in [5, 5.41) is 10.3. The summed E-state index contributed by atoms with van der Waals surface area (Å²) < 4.78 is 0.764. The summed E-state index contributed by atoms with van der Waals surface area (Å²) in [4.78, 5) is 14.0. The molecule has 0 atom stereocenters. The Morgan fingerprint density at radius 3 is 2.82 bits per heavy atom. The Balaban J connectivity index is 3.20. The summed E-state index contributed by atoms with van der Waals surface area (Å²) in [7, 11) is 0. The molecular weight excluding hydrogens is 210 g/mol. The molecule has 11 heavy (non-hydrogen) atoms. The number of aromatic carboxylic acids is 1. The van der Waals surface area contributed by atoms with Crippen LogP contribution in [0.1, 0.15) is 16.1 Å². The monoisotopic (exact) mass is 214 g/mol. The molecule has 0 bridgehead atoms. The third kappa shape index (κ3) is 1.77. The maximum Gasteiger partial charge on any atom is 0.0902 e. The van der Waals surface area contributed by atoms with Gasteiger partial charge in [0.1, 0.15) is 0 Å². The van der Waals surface area contributed by atoms with E-state index in [1.807, 2.05) is 0 Å². The highest BCUT2D eigenvalue weighted by atomic mass is 79.9. The lowest BCUT2D eigenvalue weighted by molar-refractivity contribution is -0.255. The van der Waals surface area contributed by atoms with Gasteiger partial charge < -0.3 is 9.90 Å². The number of carbonyl (C=O) groups excluding carboxylic acids is 1. The van der Waals surface area contributed by atoms with Gasteiger partial charge in [0.05, 0.1) is 11.7 Å². The summed E-state index contributed by atoms with van der Waals surface area (Å²) in [5.74, 6) is -1.24. The maximum absolute atomic E-state index is 10.3. The molecular formula is C7H5BrNO2-. The van der Waals surface area contributed by atoms with Crippen LogP contribution < -0.4 is 5.11 Å². The summed E-state index contributed by atoms with van der Waals surface area (Å²) in [5.41, 5.74) is 0.590. The fourth-order valence-electron chi connectivity index (χ4n) is 0.754. The van der Waals surface area contributed by atoms with Gasteiger partial charge in [-0.25, -0.2) is 0 Å². The summed E-state index contributed by atoms with van der Waals surface area (Å²) in [6.07, 6.45) is 1.43. The molecule has 0 N–H and O–H groups in total. The number of hydrogen-bond donors (Lipinski definition) is 0. The van der Waals surface area contributed by atoms with Crippen LogP contribution in [0, 0.1) is 6.92 Å². The lowest BCUT2D eigenvalue weighted by Gasteiger charge is -2.04. The zero-order chi connectivity index (χ0) is 8.43. The van der Waals surface area contributed by atoms with Gasteiger partial charge in [0.2, 0.25) is 0 Å². The predicted octanol–water partition coefficient (Wildman–Crippen LogP) is 0.516. The van der Waals surface area contributed by atoms with Crippen molar-refractivity contribution in [2.24, 2.45) is 0 Å². The van der Waals surface area contributed by atoms with Gasteiger partial charge in [-0.3, -0.25) is 4.98 Å². The van der Waals surface area contributed by atoms with E-state index in [1.54, 1.807) is 13.0 Å². The van der Waals surface area contributed by atoms with Gasteiger partial charge in [0.15, 0.2) is 0 Å². The maximum atomic E-state index is 10.3. The first-order chi connectivity index (χ1) is 5.11. The van der Waals surface area contributed by atoms with Crippen molar-refractivity contribution in [1.29, 1.82) is 0 Å². The molecule has 0 aliphatic rings. The second kappa shape index (κ2) is 3.00. The quantitative estimate of drug-likeness (QED) is 0.685. The molecule has 1 aromatic heterocycles. The number of carboxylic acid groups (broad SMARTS) is 1. The minimum atomic E-state index is -1.24. The van der Waals surface area contributed by atoms with Crippen LogP contribution >= 0.6 is 15.9 Å². The first-order valence-electron chi connectivity index (χ1n) is 2.95. The number of carboxylic acids is 1. The van der Waals surface area contributed by atoms with Crippen molar-refractivity contribution in [1.82, 2.24) is 4.98 Å². The first-order valence-corrected chi connectivity index (χ1v) is 3.74. The highest BCUT2D eigenvalue weighted by Gasteiger charge is 1.99. The van der Waals surface area contributed by atoms with Gasteiger partial charge in [-0.05, 0) is 34.5 Å². The van der Waals surface area contributed by atoms with E-state index in [2.05, 4.69) is 20.9 Å². The molecule has 0 spiro atoms. The standard InChI is InChI=1S/C7H6BrNO2/c1-4-2-5(8)3-9-6(4)7(10)11/h2-3H,1H3,(H,10,11)/p-1. The average molecular weight is 215 g/mol. The van der Waals surface area contributed by atoms with Crippen LogP contribution in [0.2, 0.25) is 0 Å². The molecule has 1 aromatic rings. The van der Waals surface area contributed by atoms with Gasteiger partial charge >= 0.3 is 0 Å². The first kappa shape index (κ1) is 8.20. The number of hydrogen-bond acceptors (Lipinski definition) is 3. The molecule has 0 radical (unpaired) electrons. The summed E-state index contributed by atoms with van der Waals surface area (Å²) in [6, 6.07) is 1.68. The molecule has 58 valence electrons. The van der Waals surface area contributed by atoms with Gasteiger partial charge in [-0.2, -0.15) is 0 Å². The molecule has 0 saturated heterocycles. The molecule has 0 aliphatic carbocycles. The molecule has 0 fully saturated rings. The highest BCUT2D eigenvalue weighted by Crippen LogP contribution is 2.11. The van der Waals surface area contributed by atoms with E-state index in [-0.39, 0.29) is 5.69 Å². The van der Waals surface area contributed by atoms with Gasteiger partial charge in [0, 0.05) is 10.7 Å². The number of rotatable bonds is 1. The molecule has 0 aliphatic heterocycles. The number of carbonyl (C=O) groups is 1. The third-order valence-corrected chi connectivity index (χ3v) is 1.67. The zero-order valence-electron chi connectivity index (χ0n) is 5.80. The van der Waals surface area contributed by atoms with Gasteiger partial charge in [-0.15, -0.1) is 0 Å². The smallest absolute Gasteiger partial charge is 0.0902 e. The molecule has 1 heterocycles. The van der Waals surface area contributed by atoms with Crippen molar-refractivity contribution in [3.63, 3.8) is 0 Å². The van der Waals surface area contributed by atoms with E-state index >= 15 is 0 Å². The highest BCUT2D eigenvalue weighted by molar-refractivity contribution is 9.10. The Morgan fingerprint density at radius 2 is 2.36 bits per heavy atom. The molecule has 3 nitrogen and oxygen atoms in total.